The van der Waals surface area contributed by atoms with Gasteiger partial charge in [-0.1, -0.05) is 66.7 Å². The van der Waals surface area contributed by atoms with Gasteiger partial charge >= 0.3 is 0 Å². The Morgan fingerprint density at radius 3 is 1.77 bits per heavy atom. The maximum atomic E-state index is 10.1. The van der Waals surface area contributed by atoms with Crippen LogP contribution in [-0.2, 0) is 0 Å². The van der Waals surface area contributed by atoms with Crippen LogP contribution in [-0.4, -0.2) is 37.1 Å². The van der Waals surface area contributed by atoms with Gasteiger partial charge in [0.25, 0.3) is 0 Å². The van der Waals surface area contributed by atoms with Gasteiger partial charge in [0.05, 0.1) is 38.4 Å². The van der Waals surface area contributed by atoms with E-state index in [4.69, 9.17) is 19.2 Å². The number of aromatic amines is 1. The van der Waals surface area contributed by atoms with Gasteiger partial charge < -0.3 is 24.3 Å². The summed E-state index contributed by atoms with van der Waals surface area (Å²) >= 11 is 0. The summed E-state index contributed by atoms with van der Waals surface area (Å²) in [6, 6.07) is 48.6. The second-order valence-corrected chi connectivity index (χ2v) is 12.5. The molecule has 0 aliphatic carbocycles. The fourth-order valence-electron chi connectivity index (χ4n) is 6.78. The monoisotopic (exact) mass is 680 g/mol. The average Bonchev–Trinajstić information content (AvgIpc) is 3.85. The molecule has 7 aromatic rings. The molecule has 6 heteroatoms. The number of nitrogens with zero attached hydrogens (tertiary/aromatic N) is 1. The van der Waals surface area contributed by atoms with Gasteiger partial charge in [0.15, 0.2) is 0 Å². The van der Waals surface area contributed by atoms with Gasteiger partial charge in [0, 0.05) is 28.0 Å². The predicted molar refractivity (Wildman–Crippen MR) is 210 cm³/mol. The van der Waals surface area contributed by atoms with Gasteiger partial charge in [0.1, 0.15) is 23.0 Å². The molecule has 6 aromatic carbocycles. The summed E-state index contributed by atoms with van der Waals surface area (Å²) in [5.41, 5.74) is 11.4. The summed E-state index contributed by atoms with van der Waals surface area (Å²) < 4.78 is 16.5. The van der Waals surface area contributed by atoms with Crippen molar-refractivity contribution in [3.05, 3.63) is 180 Å². The first kappa shape index (κ1) is 32.4. The lowest BCUT2D eigenvalue weighted by Gasteiger charge is -2.17. The number of fused-ring (bicyclic) bond motifs is 1. The molecule has 0 saturated heterocycles. The van der Waals surface area contributed by atoms with E-state index in [2.05, 4.69) is 83.9 Å². The fraction of sp³-hybridized carbons (Fsp3) is 0.0652. The lowest BCUT2D eigenvalue weighted by Crippen LogP contribution is -1.99. The third-order valence-electron chi connectivity index (χ3n) is 9.50. The van der Waals surface area contributed by atoms with Crippen molar-refractivity contribution in [2.24, 2.45) is 4.99 Å². The zero-order valence-corrected chi connectivity index (χ0v) is 29.1. The van der Waals surface area contributed by atoms with Gasteiger partial charge in [-0.25, -0.2) is 4.99 Å². The number of hydrogen-bond acceptors (Lipinski definition) is 5. The highest BCUT2D eigenvalue weighted by Gasteiger charge is 2.27. The molecular formula is C46H36N2O4. The third-order valence-corrected chi connectivity index (χ3v) is 9.50. The number of methoxy groups -OCH3 is 3. The molecular weight excluding hydrogens is 645 g/mol. The topological polar surface area (TPSA) is 76.1 Å². The second-order valence-electron chi connectivity index (χ2n) is 12.5. The van der Waals surface area contributed by atoms with Crippen LogP contribution in [0.2, 0.25) is 0 Å². The number of phenols is 1. The molecule has 52 heavy (non-hydrogen) atoms. The highest BCUT2D eigenvalue weighted by Crippen LogP contribution is 2.45. The number of aliphatic imine (C=N–C) groups is 1. The van der Waals surface area contributed by atoms with Crippen molar-refractivity contribution in [3.63, 3.8) is 0 Å². The van der Waals surface area contributed by atoms with Crippen LogP contribution < -0.4 is 14.2 Å². The molecule has 0 fully saturated rings. The lowest BCUT2D eigenvalue weighted by atomic mass is 9.88. The minimum absolute atomic E-state index is 0.213. The smallest absolute Gasteiger partial charge is 0.118 e. The summed E-state index contributed by atoms with van der Waals surface area (Å²) in [6.07, 6.45) is 2.17. The number of allylic oxidation sites excluding steroid dienone is 2. The molecule has 0 spiro atoms. The van der Waals surface area contributed by atoms with E-state index in [1.54, 1.807) is 33.5 Å². The molecule has 0 atom stereocenters. The third kappa shape index (κ3) is 6.11. The van der Waals surface area contributed by atoms with Crippen molar-refractivity contribution in [1.82, 2.24) is 4.98 Å². The number of rotatable bonds is 9. The van der Waals surface area contributed by atoms with E-state index in [-0.39, 0.29) is 5.75 Å². The molecule has 6 nitrogen and oxygen atoms in total. The first-order valence-electron chi connectivity index (χ1n) is 17.0. The van der Waals surface area contributed by atoms with E-state index in [0.717, 1.165) is 95.3 Å². The zero-order chi connectivity index (χ0) is 35.6. The SMILES string of the molecule is COc1ccc(C2=CC(c3ccc(OC)cc3)=N/C2=C(\c2[nH]c(-c3ccc(O)cc3)cc2-c2ccc(OC)cc2)c2cccc3ccccc23)cc1. The van der Waals surface area contributed by atoms with Crippen LogP contribution in [0.3, 0.4) is 0 Å². The minimum Gasteiger partial charge on any atom is -0.508 e. The highest BCUT2D eigenvalue weighted by atomic mass is 16.5. The molecule has 1 aliphatic heterocycles. The summed E-state index contributed by atoms with van der Waals surface area (Å²) in [6.45, 7) is 0. The molecule has 0 unspecified atom stereocenters. The molecule has 0 saturated carbocycles. The van der Waals surface area contributed by atoms with Crippen molar-refractivity contribution in [2.75, 3.05) is 21.3 Å². The second kappa shape index (κ2) is 13.8. The Morgan fingerprint density at radius 1 is 0.577 bits per heavy atom. The molecule has 2 heterocycles. The number of aromatic nitrogens is 1. The van der Waals surface area contributed by atoms with E-state index < -0.39 is 0 Å². The molecule has 0 amide bonds. The van der Waals surface area contributed by atoms with E-state index >= 15 is 0 Å². The zero-order valence-electron chi connectivity index (χ0n) is 29.1. The van der Waals surface area contributed by atoms with Crippen LogP contribution in [0.15, 0.2) is 162 Å². The summed E-state index contributed by atoms with van der Waals surface area (Å²) in [5.74, 6) is 2.56. The van der Waals surface area contributed by atoms with Gasteiger partial charge in [-0.2, -0.15) is 0 Å². The maximum absolute atomic E-state index is 10.1. The first-order valence-corrected chi connectivity index (χ1v) is 17.0. The van der Waals surface area contributed by atoms with Crippen LogP contribution in [0, 0.1) is 0 Å². The molecule has 1 aromatic heterocycles. The number of phenolic OH excluding ortho intramolecular Hbond substituents is 1. The Morgan fingerprint density at radius 2 is 1.13 bits per heavy atom. The van der Waals surface area contributed by atoms with Gasteiger partial charge in [-0.05, 0) is 118 Å². The van der Waals surface area contributed by atoms with Crippen molar-refractivity contribution >= 4 is 27.6 Å². The first-order chi connectivity index (χ1) is 25.5. The lowest BCUT2D eigenvalue weighted by molar-refractivity contribution is 0.414. The van der Waals surface area contributed by atoms with Crippen LogP contribution in [0.5, 0.6) is 23.0 Å². The number of H-pyrrole nitrogens is 1. The van der Waals surface area contributed by atoms with Crippen LogP contribution in [0.1, 0.15) is 22.4 Å². The number of aromatic hydroxyl groups is 1. The molecule has 0 radical (unpaired) electrons. The van der Waals surface area contributed by atoms with E-state index in [1.165, 1.54) is 0 Å². The maximum Gasteiger partial charge on any atom is 0.118 e. The van der Waals surface area contributed by atoms with Gasteiger partial charge in [-0.3, -0.25) is 0 Å². The van der Waals surface area contributed by atoms with Gasteiger partial charge in [0.2, 0.25) is 0 Å². The number of benzene rings is 6. The Kier molecular flexibility index (Phi) is 8.63. The minimum atomic E-state index is 0.213. The van der Waals surface area contributed by atoms with Crippen LogP contribution in [0.4, 0.5) is 0 Å². The van der Waals surface area contributed by atoms with Crippen molar-refractivity contribution in [3.8, 4) is 45.4 Å². The highest BCUT2D eigenvalue weighted by molar-refractivity contribution is 6.20. The van der Waals surface area contributed by atoms with Crippen LogP contribution >= 0.6 is 0 Å². The normalized spacial score (nSPS) is 13.4. The molecule has 1 aliphatic rings. The van der Waals surface area contributed by atoms with E-state index in [0.29, 0.717) is 0 Å². The summed E-state index contributed by atoms with van der Waals surface area (Å²) in [4.78, 5) is 9.33. The fourth-order valence-corrected chi connectivity index (χ4v) is 6.78. The Bertz CT molecular complexity index is 2480. The van der Waals surface area contributed by atoms with Gasteiger partial charge in [-0.15, -0.1) is 0 Å². The molecule has 254 valence electrons. The number of nitrogens with one attached hydrogen (secondary N) is 1. The predicted octanol–water partition coefficient (Wildman–Crippen LogP) is 10.6. The molecule has 0 bridgehead atoms. The Labute approximate surface area is 302 Å². The summed E-state index contributed by atoms with van der Waals surface area (Å²) in [5, 5.41) is 12.4. The summed E-state index contributed by atoms with van der Waals surface area (Å²) in [7, 11) is 5.02. The molecule has 8 rings (SSSR count). The average molecular weight is 681 g/mol. The van der Waals surface area contributed by atoms with Crippen molar-refractivity contribution < 1.29 is 19.3 Å². The van der Waals surface area contributed by atoms with E-state index in [1.807, 2.05) is 60.7 Å². The van der Waals surface area contributed by atoms with Crippen molar-refractivity contribution in [2.45, 2.75) is 0 Å². The molecule has 2 N–H and O–H groups in total. The largest absolute Gasteiger partial charge is 0.508 e. The quantitative estimate of drug-likeness (QED) is 0.159. The standard InChI is InChI=1S/C46H36N2O4/c1-50-35-21-13-30(14-22-35)40-27-42(32-11-19-34(49)20-12-32)47-45(40)44(39-10-6-8-29-7-4-5-9-38(29)39)46-41(31-15-23-36(51-2)24-16-31)28-43(48-46)33-17-25-37(52-3)26-18-33/h4-28,47,49H,1-3H3/b46-44-. The Hall–Kier alpha value is -6.79. The van der Waals surface area contributed by atoms with Crippen molar-refractivity contribution in [1.29, 1.82) is 0 Å². The van der Waals surface area contributed by atoms with E-state index in [9.17, 15) is 5.11 Å². The number of ether oxygens (including phenoxy) is 3. The van der Waals surface area contributed by atoms with Crippen LogP contribution in [0.25, 0.3) is 44.3 Å². The number of hydrogen-bond donors (Lipinski definition) is 2. The Balaban J connectivity index is 1.47.